The van der Waals surface area contributed by atoms with Gasteiger partial charge in [0.05, 0.1) is 0 Å². The maximum absolute atomic E-state index is 14.0. The zero-order valence-corrected chi connectivity index (χ0v) is 22.7. The minimum atomic E-state index is -0.0845. The fourth-order valence-corrected chi connectivity index (χ4v) is 5.52. The molecule has 3 fully saturated rings. The summed E-state index contributed by atoms with van der Waals surface area (Å²) >= 11 is 0. The summed E-state index contributed by atoms with van der Waals surface area (Å²) in [7, 11) is 0. The molecule has 0 spiro atoms. The van der Waals surface area contributed by atoms with Crippen LogP contribution < -0.4 is 5.32 Å². The van der Waals surface area contributed by atoms with Crippen LogP contribution in [-0.4, -0.2) is 79.6 Å². The molecule has 0 saturated carbocycles. The lowest BCUT2D eigenvalue weighted by Gasteiger charge is -2.32. The lowest BCUT2D eigenvalue weighted by molar-refractivity contribution is 0.178. The molecule has 3 saturated heterocycles. The summed E-state index contributed by atoms with van der Waals surface area (Å²) in [6.07, 6.45) is 7.74. The molecule has 4 rings (SSSR count). The van der Waals surface area contributed by atoms with Crippen LogP contribution in [0.3, 0.4) is 0 Å². The number of nitrogens with one attached hydrogen (secondary N) is 1. The first-order chi connectivity index (χ1) is 15.7. The molecule has 1 aromatic rings. The van der Waals surface area contributed by atoms with Crippen LogP contribution in [0.4, 0.5) is 4.39 Å². The lowest BCUT2D eigenvalue weighted by atomic mass is 9.96. The zero-order chi connectivity index (χ0) is 22.2. The van der Waals surface area contributed by atoms with Gasteiger partial charge in [-0.25, -0.2) is 4.39 Å². The van der Waals surface area contributed by atoms with Gasteiger partial charge in [0.15, 0.2) is 5.96 Å². The Bertz CT molecular complexity index is 731. The second-order valence-corrected chi connectivity index (χ2v) is 9.97. The summed E-state index contributed by atoms with van der Waals surface area (Å²) in [4.78, 5) is 12.6. The van der Waals surface area contributed by atoms with E-state index >= 15 is 0 Å². The molecule has 1 N–H and O–H groups in total. The number of nitrogens with zero attached hydrogens (tertiary/aromatic N) is 4. The summed E-state index contributed by atoms with van der Waals surface area (Å²) < 4.78 is 14.0. The van der Waals surface area contributed by atoms with Crippen LogP contribution in [0.15, 0.2) is 29.3 Å². The van der Waals surface area contributed by atoms with Gasteiger partial charge in [-0.2, -0.15) is 0 Å². The van der Waals surface area contributed by atoms with E-state index in [9.17, 15) is 4.39 Å². The van der Waals surface area contributed by atoms with E-state index in [0.717, 1.165) is 76.1 Å². The molecule has 33 heavy (non-hydrogen) atoms. The van der Waals surface area contributed by atoms with E-state index in [1.165, 1.54) is 45.3 Å². The Balaban J connectivity index is 0.00000306. The number of hydrogen-bond donors (Lipinski definition) is 1. The van der Waals surface area contributed by atoms with Crippen LogP contribution >= 0.6 is 24.0 Å². The largest absolute Gasteiger partial charge is 0.357 e. The van der Waals surface area contributed by atoms with Crippen LogP contribution in [0.2, 0.25) is 0 Å². The standard InChI is InChI=1S/C26H42FN5.HI/c1-2-28-26(32-17-12-23(20-32)19-30-13-6-3-7-14-30)29-18-22-10-15-31(16-11-22)21-24-8-4-5-9-25(24)27;/h4-5,8-9,22-23H,2-3,6-7,10-21H2,1H3,(H,28,29);1H. The average molecular weight is 572 g/mol. The SMILES string of the molecule is CCNC(=NCC1CCN(Cc2ccccc2F)CC1)N1CCC(CN2CCCCC2)C1.I. The number of hydrogen-bond acceptors (Lipinski definition) is 3. The molecule has 0 bridgehead atoms. The van der Waals surface area contributed by atoms with Gasteiger partial charge in [-0.1, -0.05) is 24.6 Å². The predicted molar refractivity (Wildman–Crippen MR) is 146 cm³/mol. The van der Waals surface area contributed by atoms with Crippen molar-refractivity contribution in [3.63, 3.8) is 0 Å². The van der Waals surface area contributed by atoms with Gasteiger partial charge in [0.25, 0.3) is 0 Å². The summed E-state index contributed by atoms with van der Waals surface area (Å²) in [5, 5.41) is 3.55. The van der Waals surface area contributed by atoms with Crippen molar-refractivity contribution in [3.8, 4) is 0 Å². The third-order valence-corrected chi connectivity index (χ3v) is 7.44. The van der Waals surface area contributed by atoms with E-state index in [1.54, 1.807) is 12.1 Å². The molecule has 1 unspecified atom stereocenters. The minimum Gasteiger partial charge on any atom is -0.357 e. The van der Waals surface area contributed by atoms with Crippen LogP contribution in [-0.2, 0) is 6.54 Å². The van der Waals surface area contributed by atoms with Crippen molar-refractivity contribution in [2.24, 2.45) is 16.8 Å². The molecule has 5 nitrogen and oxygen atoms in total. The summed E-state index contributed by atoms with van der Waals surface area (Å²) in [5.41, 5.74) is 0.812. The number of halogens is 2. The highest BCUT2D eigenvalue weighted by Gasteiger charge is 2.27. The topological polar surface area (TPSA) is 34.1 Å². The minimum absolute atomic E-state index is 0. The summed E-state index contributed by atoms with van der Waals surface area (Å²) in [6.45, 7) is 12.9. The highest BCUT2D eigenvalue weighted by molar-refractivity contribution is 14.0. The quantitative estimate of drug-likeness (QED) is 0.299. The van der Waals surface area contributed by atoms with Gasteiger partial charge in [-0.3, -0.25) is 9.89 Å². The van der Waals surface area contributed by atoms with E-state index in [4.69, 9.17) is 4.99 Å². The number of likely N-dealkylation sites (tertiary alicyclic amines) is 3. The Morgan fingerprint density at radius 2 is 1.70 bits per heavy atom. The molecule has 7 heteroatoms. The molecule has 3 aliphatic heterocycles. The molecule has 0 amide bonds. The molecule has 0 aromatic heterocycles. The molecule has 1 aromatic carbocycles. The van der Waals surface area contributed by atoms with Crippen molar-refractivity contribution in [2.45, 2.75) is 52.0 Å². The van der Waals surface area contributed by atoms with Crippen molar-refractivity contribution in [3.05, 3.63) is 35.6 Å². The van der Waals surface area contributed by atoms with E-state index in [2.05, 4.69) is 26.9 Å². The molecule has 3 heterocycles. The normalized spacial score (nSPS) is 23.5. The molecular weight excluding hydrogens is 528 g/mol. The maximum Gasteiger partial charge on any atom is 0.193 e. The van der Waals surface area contributed by atoms with Crippen LogP contribution in [0.1, 0.15) is 51.0 Å². The monoisotopic (exact) mass is 571 g/mol. The number of guanidine groups is 1. The fourth-order valence-electron chi connectivity index (χ4n) is 5.52. The van der Waals surface area contributed by atoms with E-state index < -0.39 is 0 Å². The first kappa shape index (κ1) is 26.7. The molecule has 186 valence electrons. The fraction of sp³-hybridized carbons (Fsp3) is 0.731. The Morgan fingerprint density at radius 1 is 0.970 bits per heavy atom. The van der Waals surface area contributed by atoms with E-state index in [1.807, 2.05) is 12.1 Å². The Hall–Kier alpha value is -0.930. The van der Waals surface area contributed by atoms with Crippen molar-refractivity contribution >= 4 is 29.9 Å². The smallest absolute Gasteiger partial charge is 0.193 e. The average Bonchev–Trinajstić information content (AvgIpc) is 3.28. The highest BCUT2D eigenvalue weighted by atomic mass is 127. The van der Waals surface area contributed by atoms with Crippen LogP contribution in [0.25, 0.3) is 0 Å². The summed E-state index contributed by atoms with van der Waals surface area (Å²) in [5.74, 6) is 2.44. The number of rotatable bonds is 7. The first-order valence-electron chi connectivity index (χ1n) is 12.9. The molecular formula is C26H43FIN5. The molecule has 1 atom stereocenters. The van der Waals surface area contributed by atoms with Gasteiger partial charge in [0.2, 0.25) is 0 Å². The third kappa shape index (κ3) is 8.06. The first-order valence-corrected chi connectivity index (χ1v) is 12.9. The number of benzene rings is 1. The Morgan fingerprint density at radius 3 is 2.42 bits per heavy atom. The Kier molecular flexibility index (Phi) is 11.2. The number of aliphatic imine (C=N–C) groups is 1. The molecule has 3 aliphatic rings. The van der Waals surface area contributed by atoms with Gasteiger partial charge < -0.3 is 15.1 Å². The lowest BCUT2D eigenvalue weighted by Crippen LogP contribution is -2.42. The molecule has 0 radical (unpaired) electrons. The van der Waals surface area contributed by atoms with Gasteiger partial charge in [0.1, 0.15) is 5.82 Å². The zero-order valence-electron chi connectivity index (χ0n) is 20.4. The van der Waals surface area contributed by atoms with Crippen molar-refractivity contribution in [1.82, 2.24) is 20.0 Å². The van der Waals surface area contributed by atoms with Crippen molar-refractivity contribution in [1.29, 1.82) is 0 Å². The van der Waals surface area contributed by atoms with Gasteiger partial charge in [-0.05, 0) is 83.1 Å². The van der Waals surface area contributed by atoms with Crippen LogP contribution in [0.5, 0.6) is 0 Å². The third-order valence-electron chi connectivity index (χ3n) is 7.44. The maximum atomic E-state index is 14.0. The second-order valence-electron chi connectivity index (χ2n) is 9.97. The number of piperidine rings is 2. The van der Waals surface area contributed by atoms with Crippen molar-refractivity contribution in [2.75, 3.05) is 58.9 Å². The Labute approximate surface area is 217 Å². The van der Waals surface area contributed by atoms with Crippen molar-refractivity contribution < 1.29 is 4.39 Å². The van der Waals surface area contributed by atoms with Gasteiger partial charge in [-0.15, -0.1) is 24.0 Å². The predicted octanol–water partition coefficient (Wildman–Crippen LogP) is 4.43. The summed E-state index contributed by atoms with van der Waals surface area (Å²) in [6, 6.07) is 7.16. The van der Waals surface area contributed by atoms with Crippen LogP contribution in [0, 0.1) is 17.7 Å². The molecule has 0 aliphatic carbocycles. The van der Waals surface area contributed by atoms with E-state index in [0.29, 0.717) is 5.92 Å². The second kappa shape index (κ2) is 13.8. The van der Waals surface area contributed by atoms with Gasteiger partial charge in [0, 0.05) is 44.8 Å². The van der Waals surface area contributed by atoms with E-state index in [-0.39, 0.29) is 29.8 Å². The van der Waals surface area contributed by atoms with Gasteiger partial charge >= 0.3 is 0 Å². The highest BCUT2D eigenvalue weighted by Crippen LogP contribution is 2.22.